The molecule has 18 heavy (non-hydrogen) atoms. The number of hydrogen-bond acceptors (Lipinski definition) is 6. The van der Waals surface area contributed by atoms with Crippen LogP contribution in [0.2, 0.25) is 0 Å². The lowest BCUT2D eigenvalue weighted by atomic mass is 10.2. The Bertz CT molecular complexity index is 475. The van der Waals surface area contributed by atoms with Crippen molar-refractivity contribution >= 4 is 23.0 Å². The Morgan fingerprint density at radius 3 is 2.78 bits per heavy atom. The van der Waals surface area contributed by atoms with Gasteiger partial charge in [0.2, 0.25) is 0 Å². The van der Waals surface area contributed by atoms with Crippen LogP contribution in [0.3, 0.4) is 0 Å². The molecule has 6 heteroatoms. The van der Waals surface area contributed by atoms with Gasteiger partial charge in [0.25, 0.3) is 0 Å². The van der Waals surface area contributed by atoms with Gasteiger partial charge in [0, 0.05) is 19.2 Å². The van der Waals surface area contributed by atoms with Gasteiger partial charge in [-0.25, -0.2) is 9.97 Å². The Hall–Kier alpha value is -1.66. The van der Waals surface area contributed by atoms with Gasteiger partial charge in [0.05, 0.1) is 6.10 Å². The summed E-state index contributed by atoms with van der Waals surface area (Å²) < 4.78 is 0. The zero-order valence-corrected chi connectivity index (χ0v) is 10.9. The van der Waals surface area contributed by atoms with E-state index in [4.69, 9.17) is 0 Å². The summed E-state index contributed by atoms with van der Waals surface area (Å²) in [5.74, 6) is 1.48. The molecular weight excluding hydrogens is 248 g/mol. The van der Waals surface area contributed by atoms with Gasteiger partial charge < -0.3 is 15.7 Å². The average Bonchev–Trinajstić information content (AvgIpc) is 2.91. The molecule has 0 spiro atoms. The topological polar surface area (TPSA) is 70.1 Å². The molecule has 0 aliphatic rings. The first-order chi connectivity index (χ1) is 8.79. The number of aliphatic hydroxyl groups is 1. The van der Waals surface area contributed by atoms with E-state index < -0.39 is 6.10 Å². The third kappa shape index (κ3) is 3.41. The zero-order valence-electron chi connectivity index (χ0n) is 10.1. The Labute approximate surface area is 110 Å². The predicted octanol–water partition coefficient (Wildman–Crippen LogP) is 2.12. The van der Waals surface area contributed by atoms with Crippen LogP contribution in [0, 0.1) is 0 Å². The summed E-state index contributed by atoms with van der Waals surface area (Å²) in [5, 5.41) is 20.0. The Balaban J connectivity index is 1.91. The molecule has 2 aromatic rings. The summed E-state index contributed by atoms with van der Waals surface area (Å²) >= 11 is 1.58. The van der Waals surface area contributed by atoms with E-state index >= 15 is 0 Å². The molecule has 0 saturated heterocycles. The average molecular weight is 264 g/mol. The first-order valence-electron chi connectivity index (χ1n) is 5.79. The van der Waals surface area contributed by atoms with Crippen LogP contribution in [0.15, 0.2) is 29.2 Å². The number of nitrogens with one attached hydrogen (secondary N) is 2. The molecule has 0 aromatic carbocycles. The Kier molecular flexibility index (Phi) is 4.49. The fourth-order valence-corrected chi connectivity index (χ4v) is 2.22. The maximum absolute atomic E-state index is 9.93. The SMILES string of the molecule is CCNc1cc(NCC(O)c2ccsc2)ncn1. The fourth-order valence-electron chi connectivity index (χ4n) is 1.52. The van der Waals surface area contributed by atoms with Crippen molar-refractivity contribution in [3.63, 3.8) is 0 Å². The van der Waals surface area contributed by atoms with E-state index in [-0.39, 0.29) is 0 Å². The number of anilines is 2. The van der Waals surface area contributed by atoms with Crippen molar-refractivity contribution in [2.24, 2.45) is 0 Å². The minimum atomic E-state index is -0.520. The van der Waals surface area contributed by atoms with Gasteiger partial charge in [0.1, 0.15) is 18.0 Å². The molecule has 0 radical (unpaired) electrons. The summed E-state index contributed by atoms with van der Waals surface area (Å²) in [7, 11) is 0. The van der Waals surface area contributed by atoms with Crippen molar-refractivity contribution in [3.05, 3.63) is 34.8 Å². The highest BCUT2D eigenvalue weighted by Gasteiger charge is 2.07. The zero-order chi connectivity index (χ0) is 12.8. The first-order valence-corrected chi connectivity index (χ1v) is 6.74. The van der Waals surface area contributed by atoms with Gasteiger partial charge in [-0.2, -0.15) is 11.3 Å². The number of aliphatic hydroxyl groups excluding tert-OH is 1. The summed E-state index contributed by atoms with van der Waals surface area (Å²) in [6.07, 6.45) is 0.978. The van der Waals surface area contributed by atoms with Crippen LogP contribution < -0.4 is 10.6 Å². The lowest BCUT2D eigenvalue weighted by Gasteiger charge is -2.11. The Morgan fingerprint density at radius 1 is 1.33 bits per heavy atom. The molecule has 2 rings (SSSR count). The van der Waals surface area contributed by atoms with Gasteiger partial charge in [-0.15, -0.1) is 0 Å². The summed E-state index contributed by atoms with van der Waals surface area (Å²) in [4.78, 5) is 8.19. The largest absolute Gasteiger partial charge is 0.387 e. The third-order valence-corrected chi connectivity index (χ3v) is 3.13. The van der Waals surface area contributed by atoms with E-state index in [0.717, 1.165) is 17.9 Å². The summed E-state index contributed by atoms with van der Waals surface area (Å²) in [6.45, 7) is 3.25. The molecule has 0 bridgehead atoms. The third-order valence-electron chi connectivity index (χ3n) is 2.43. The molecule has 2 aromatic heterocycles. The van der Waals surface area contributed by atoms with Crippen LogP contribution in [-0.2, 0) is 0 Å². The van der Waals surface area contributed by atoms with Crippen LogP contribution in [-0.4, -0.2) is 28.2 Å². The lowest BCUT2D eigenvalue weighted by molar-refractivity contribution is 0.192. The smallest absolute Gasteiger partial charge is 0.131 e. The molecular formula is C12H16N4OS. The highest BCUT2D eigenvalue weighted by molar-refractivity contribution is 7.07. The molecule has 3 N–H and O–H groups in total. The molecule has 0 amide bonds. The van der Waals surface area contributed by atoms with Crippen molar-refractivity contribution < 1.29 is 5.11 Å². The van der Waals surface area contributed by atoms with E-state index in [9.17, 15) is 5.11 Å². The van der Waals surface area contributed by atoms with Crippen LogP contribution >= 0.6 is 11.3 Å². The van der Waals surface area contributed by atoms with Crippen molar-refractivity contribution in [3.8, 4) is 0 Å². The van der Waals surface area contributed by atoms with Crippen LogP contribution in [0.25, 0.3) is 0 Å². The standard InChI is InChI=1S/C12H16N4OS/c1-2-13-11-5-12(16-8-15-11)14-6-10(17)9-3-4-18-7-9/h3-5,7-8,10,17H,2,6H2,1H3,(H2,13,14,15,16). The molecule has 0 saturated carbocycles. The highest BCUT2D eigenvalue weighted by atomic mass is 32.1. The molecule has 0 fully saturated rings. The maximum atomic E-state index is 9.93. The summed E-state index contributed by atoms with van der Waals surface area (Å²) in [6, 6.07) is 3.74. The monoisotopic (exact) mass is 264 g/mol. The number of rotatable bonds is 6. The van der Waals surface area contributed by atoms with Gasteiger partial charge in [-0.3, -0.25) is 0 Å². The molecule has 2 heterocycles. The minimum absolute atomic E-state index is 0.430. The van der Waals surface area contributed by atoms with Gasteiger partial charge in [-0.1, -0.05) is 0 Å². The molecule has 1 unspecified atom stereocenters. The predicted molar refractivity (Wildman–Crippen MR) is 74.0 cm³/mol. The second kappa shape index (κ2) is 6.32. The lowest BCUT2D eigenvalue weighted by Crippen LogP contribution is -2.12. The van der Waals surface area contributed by atoms with E-state index in [1.54, 1.807) is 11.3 Å². The second-order valence-electron chi connectivity index (χ2n) is 3.77. The van der Waals surface area contributed by atoms with Gasteiger partial charge in [0.15, 0.2) is 0 Å². The van der Waals surface area contributed by atoms with E-state index in [0.29, 0.717) is 12.4 Å². The van der Waals surface area contributed by atoms with E-state index in [2.05, 4.69) is 20.6 Å². The van der Waals surface area contributed by atoms with Crippen molar-refractivity contribution in [1.82, 2.24) is 9.97 Å². The van der Waals surface area contributed by atoms with E-state index in [1.165, 1.54) is 6.33 Å². The van der Waals surface area contributed by atoms with Crippen molar-refractivity contribution in [2.75, 3.05) is 23.7 Å². The fraction of sp³-hybridized carbons (Fsp3) is 0.333. The quantitative estimate of drug-likeness (QED) is 0.745. The van der Waals surface area contributed by atoms with Gasteiger partial charge >= 0.3 is 0 Å². The van der Waals surface area contributed by atoms with Crippen molar-refractivity contribution in [1.29, 1.82) is 0 Å². The van der Waals surface area contributed by atoms with Crippen LogP contribution in [0.4, 0.5) is 11.6 Å². The van der Waals surface area contributed by atoms with E-state index in [1.807, 2.05) is 29.8 Å². The number of nitrogens with zero attached hydrogens (tertiary/aromatic N) is 2. The molecule has 1 atom stereocenters. The molecule has 0 aliphatic carbocycles. The highest BCUT2D eigenvalue weighted by Crippen LogP contribution is 2.17. The molecule has 96 valence electrons. The van der Waals surface area contributed by atoms with Crippen LogP contribution in [0.1, 0.15) is 18.6 Å². The first kappa shape index (κ1) is 12.8. The number of hydrogen-bond donors (Lipinski definition) is 3. The molecule has 5 nitrogen and oxygen atoms in total. The maximum Gasteiger partial charge on any atom is 0.131 e. The van der Waals surface area contributed by atoms with Crippen molar-refractivity contribution in [2.45, 2.75) is 13.0 Å². The summed E-state index contributed by atoms with van der Waals surface area (Å²) in [5.41, 5.74) is 0.925. The van der Waals surface area contributed by atoms with Gasteiger partial charge in [-0.05, 0) is 29.3 Å². The second-order valence-corrected chi connectivity index (χ2v) is 4.55. The minimum Gasteiger partial charge on any atom is -0.387 e. The normalized spacial score (nSPS) is 12.1. The molecule has 0 aliphatic heterocycles. The number of thiophene rings is 1. The number of aromatic nitrogens is 2. The van der Waals surface area contributed by atoms with Crippen LogP contribution in [0.5, 0.6) is 0 Å². The Morgan fingerprint density at radius 2 is 2.11 bits per heavy atom.